The van der Waals surface area contributed by atoms with Crippen molar-refractivity contribution >= 4 is 82.4 Å². The van der Waals surface area contributed by atoms with Gasteiger partial charge in [0, 0.05) is 60.4 Å². The second-order valence-corrected chi connectivity index (χ2v) is 18.6. The van der Waals surface area contributed by atoms with Gasteiger partial charge in [0.25, 0.3) is 21.8 Å². The highest BCUT2D eigenvalue weighted by atomic mass is 32.2. The van der Waals surface area contributed by atoms with Crippen LogP contribution in [-0.4, -0.2) is 86.3 Å². The third-order valence-corrected chi connectivity index (χ3v) is 14.4. The van der Waals surface area contributed by atoms with Gasteiger partial charge in [-0.15, -0.1) is 23.1 Å². The zero-order chi connectivity index (χ0) is 40.9. The Hall–Kier alpha value is -4.98. The summed E-state index contributed by atoms with van der Waals surface area (Å²) in [6, 6.07) is 23.1. The molecule has 2 aliphatic rings. The summed E-state index contributed by atoms with van der Waals surface area (Å²) in [6.07, 6.45) is 1.34. The van der Waals surface area contributed by atoms with Gasteiger partial charge in [0.15, 0.2) is 10.3 Å². The van der Waals surface area contributed by atoms with Crippen molar-refractivity contribution in [1.82, 2.24) is 19.6 Å². The molecule has 4 heterocycles. The molecule has 18 heteroatoms. The molecule has 1 saturated heterocycles. The molecule has 0 aliphatic carbocycles. The van der Waals surface area contributed by atoms with Gasteiger partial charge in [-0.1, -0.05) is 41.7 Å². The summed E-state index contributed by atoms with van der Waals surface area (Å²) in [5, 5.41) is 8.40. The lowest BCUT2D eigenvalue weighted by Gasteiger charge is -2.29. The van der Waals surface area contributed by atoms with E-state index in [1.165, 1.54) is 52.3 Å². The molecule has 6 aromatic rings. The second kappa shape index (κ2) is 18.1. The average molecular weight is 876 g/mol. The monoisotopic (exact) mass is 875 g/mol. The van der Waals surface area contributed by atoms with Gasteiger partial charge in [0.05, 0.1) is 34.0 Å². The number of ether oxygens (including phenoxy) is 1. The largest absolute Gasteiger partial charge is 0.379 e. The van der Waals surface area contributed by atoms with E-state index < -0.39 is 26.6 Å². The number of anilines is 3. The molecule has 59 heavy (non-hydrogen) atoms. The van der Waals surface area contributed by atoms with Crippen molar-refractivity contribution in [2.75, 3.05) is 60.7 Å². The van der Waals surface area contributed by atoms with Gasteiger partial charge in [0.2, 0.25) is 0 Å². The Morgan fingerprint density at radius 1 is 0.932 bits per heavy atom. The van der Waals surface area contributed by atoms with Gasteiger partial charge >= 0.3 is 0 Å². The molecule has 12 nitrogen and oxygen atoms in total. The van der Waals surface area contributed by atoms with E-state index in [2.05, 4.69) is 25.5 Å². The number of hydrogen-bond acceptors (Lipinski definition) is 13. The number of carbonyl (C=O) groups excluding carboxylic acids is 2. The topological polar surface area (TPSA) is 146 Å². The first-order chi connectivity index (χ1) is 28.6. The third kappa shape index (κ3) is 9.91. The number of sulfonamides is 1. The van der Waals surface area contributed by atoms with Crippen LogP contribution in [0.1, 0.15) is 38.4 Å². The van der Waals surface area contributed by atoms with Gasteiger partial charge in [-0.2, -0.15) is 0 Å². The Balaban J connectivity index is 0.906. The number of amides is 2. The molecule has 0 saturated carbocycles. The Morgan fingerprint density at radius 3 is 2.58 bits per heavy atom. The number of nitrogens with one attached hydrogen (secondary N) is 3. The number of halogens is 2. The van der Waals surface area contributed by atoms with Crippen molar-refractivity contribution < 1.29 is 31.5 Å². The normalized spacial score (nSPS) is 15.1. The summed E-state index contributed by atoms with van der Waals surface area (Å²) < 4.78 is 64.1. The van der Waals surface area contributed by atoms with E-state index in [9.17, 15) is 22.4 Å². The highest BCUT2D eigenvalue weighted by Crippen LogP contribution is 2.32. The van der Waals surface area contributed by atoms with Crippen LogP contribution in [0.3, 0.4) is 0 Å². The number of nitrogens with zero attached hydrogens (tertiary/aromatic N) is 4. The Labute approximate surface area is 352 Å². The van der Waals surface area contributed by atoms with Gasteiger partial charge in [-0.25, -0.2) is 31.9 Å². The number of carbonyl (C=O) groups is 2. The van der Waals surface area contributed by atoms with E-state index in [-0.39, 0.29) is 29.1 Å². The maximum atomic E-state index is 15.6. The average Bonchev–Trinajstić information content (AvgIpc) is 3.90. The van der Waals surface area contributed by atoms with Crippen LogP contribution in [0.15, 0.2) is 100 Å². The quantitative estimate of drug-likeness (QED) is 0.0952. The Bertz CT molecular complexity index is 2590. The van der Waals surface area contributed by atoms with E-state index >= 15 is 4.39 Å². The predicted octanol–water partition coefficient (Wildman–Crippen LogP) is 7.26. The number of fused-ring (bicyclic) bond motifs is 2. The van der Waals surface area contributed by atoms with E-state index in [1.54, 1.807) is 23.9 Å². The van der Waals surface area contributed by atoms with Crippen LogP contribution in [0.5, 0.6) is 0 Å². The Morgan fingerprint density at radius 2 is 1.76 bits per heavy atom. The molecule has 2 aliphatic heterocycles. The number of thiazole rings is 2. The molecule has 2 amide bonds. The summed E-state index contributed by atoms with van der Waals surface area (Å²) in [4.78, 5) is 40.5. The summed E-state index contributed by atoms with van der Waals surface area (Å²) in [5.74, 6) is -1.80. The number of benzene rings is 4. The number of morpholine rings is 1. The van der Waals surface area contributed by atoms with Gasteiger partial charge in [-0.05, 0) is 78.6 Å². The van der Waals surface area contributed by atoms with Crippen molar-refractivity contribution in [3.05, 3.63) is 124 Å². The molecule has 1 fully saturated rings. The molecule has 0 bridgehead atoms. The lowest BCUT2D eigenvalue weighted by Crippen LogP contribution is -2.39. The fourth-order valence-corrected chi connectivity index (χ4v) is 10.6. The fourth-order valence-electron chi connectivity index (χ4n) is 6.89. The van der Waals surface area contributed by atoms with Crippen molar-refractivity contribution in [3.63, 3.8) is 0 Å². The van der Waals surface area contributed by atoms with Crippen LogP contribution in [0.2, 0.25) is 0 Å². The van der Waals surface area contributed by atoms with Crippen LogP contribution in [0, 0.1) is 11.6 Å². The molecule has 306 valence electrons. The van der Waals surface area contributed by atoms with Crippen molar-refractivity contribution in [3.8, 4) is 0 Å². The zero-order valence-corrected chi connectivity index (χ0v) is 34.8. The molecule has 3 N–H and O–H groups in total. The molecule has 0 spiro atoms. The lowest BCUT2D eigenvalue weighted by molar-refractivity contribution is 0.0370. The first kappa shape index (κ1) is 40.8. The summed E-state index contributed by atoms with van der Waals surface area (Å²) in [5.41, 5.74) is 2.85. The molecule has 1 atom stereocenters. The minimum Gasteiger partial charge on any atom is -0.379 e. The summed E-state index contributed by atoms with van der Waals surface area (Å²) >= 11 is 4.00. The second-order valence-electron chi connectivity index (χ2n) is 14.0. The van der Waals surface area contributed by atoms with Crippen LogP contribution >= 0.6 is 34.4 Å². The van der Waals surface area contributed by atoms with Crippen molar-refractivity contribution in [2.45, 2.75) is 35.2 Å². The number of aromatic nitrogens is 2. The molecule has 2 aromatic heterocycles. The number of thioether (sulfide) groups is 1. The molecular formula is C41H39F2N7O5S4. The molecular weight excluding hydrogens is 837 g/mol. The smallest absolute Gasteiger partial charge is 0.284 e. The number of hydrogen-bond donors (Lipinski definition) is 3. The van der Waals surface area contributed by atoms with Gasteiger partial charge in [-0.3, -0.25) is 19.8 Å². The predicted molar refractivity (Wildman–Crippen MR) is 228 cm³/mol. The van der Waals surface area contributed by atoms with Gasteiger partial charge < -0.3 is 15.0 Å². The highest BCUT2D eigenvalue weighted by Gasteiger charge is 2.27. The first-order valence-corrected chi connectivity index (χ1v) is 23.0. The lowest BCUT2D eigenvalue weighted by atomic mass is 9.94. The van der Waals surface area contributed by atoms with E-state index in [1.807, 2.05) is 52.1 Å². The first-order valence-electron chi connectivity index (χ1n) is 18.9. The minimum absolute atomic E-state index is 0.115. The molecule has 0 radical (unpaired) electrons. The van der Waals surface area contributed by atoms with Crippen molar-refractivity contribution in [2.24, 2.45) is 0 Å². The molecule has 4 aromatic carbocycles. The fraction of sp³-hybridized carbons (Fsp3) is 0.268. The highest BCUT2D eigenvalue weighted by molar-refractivity contribution is 7.99. The Kier molecular flexibility index (Phi) is 12.5. The standard InChI is InChI=1S/C41H39F2N7O5S4/c42-27-9-11-35-37(21-27)58-40(45-35)47-38(51)31-8-4-5-26-13-16-50(23-32(26)31)41-46-36(25-57-41)39(52)48-59(53,54)30-10-12-34(33(43)22-30)44-28(14-15-49-17-19-55-20-18-49)24-56-29-6-2-1-3-7-29/h1-12,21-22,25,28,44H,13-20,23-24H2,(H,48,52)(H,45,47,51)/t28-/m1/s1. The molecule has 0 unspecified atom stereocenters. The van der Waals surface area contributed by atoms with Crippen LogP contribution in [0.4, 0.5) is 24.7 Å². The molecule has 8 rings (SSSR count). The van der Waals surface area contributed by atoms with Crippen LogP contribution in [-0.2, 0) is 27.7 Å². The van der Waals surface area contributed by atoms with Crippen molar-refractivity contribution in [1.29, 1.82) is 0 Å². The number of rotatable bonds is 14. The van der Waals surface area contributed by atoms with Crippen LogP contribution in [0.25, 0.3) is 10.2 Å². The zero-order valence-electron chi connectivity index (χ0n) is 31.5. The third-order valence-electron chi connectivity index (χ3n) is 10.0. The van der Waals surface area contributed by atoms with E-state index in [0.717, 1.165) is 48.1 Å². The minimum atomic E-state index is -4.46. The maximum Gasteiger partial charge on any atom is 0.284 e. The van der Waals surface area contributed by atoms with Crippen LogP contribution < -0.4 is 20.3 Å². The van der Waals surface area contributed by atoms with E-state index in [4.69, 9.17) is 4.74 Å². The maximum absolute atomic E-state index is 15.6. The summed E-state index contributed by atoms with van der Waals surface area (Å²) in [6.45, 7) is 4.69. The van der Waals surface area contributed by atoms with E-state index in [0.29, 0.717) is 64.5 Å². The summed E-state index contributed by atoms with van der Waals surface area (Å²) in [7, 11) is -4.46. The SMILES string of the molecule is O=C(NS(=O)(=O)c1ccc(N[C@H](CCN2CCOCC2)CSc2ccccc2)c(F)c1)c1csc(N2CCc3cccc(C(=O)Nc4nc5ccc(F)cc5s4)c3C2)n1. The van der Waals surface area contributed by atoms with Gasteiger partial charge in [0.1, 0.15) is 17.3 Å².